The van der Waals surface area contributed by atoms with Gasteiger partial charge in [0.1, 0.15) is 11.6 Å². The lowest BCUT2D eigenvalue weighted by Crippen LogP contribution is -2.12. The van der Waals surface area contributed by atoms with E-state index in [9.17, 15) is 9.18 Å². The van der Waals surface area contributed by atoms with Crippen LogP contribution >= 0.6 is 11.6 Å². The van der Waals surface area contributed by atoms with E-state index in [2.05, 4.69) is 0 Å². The van der Waals surface area contributed by atoms with Gasteiger partial charge < -0.3 is 9.30 Å². The summed E-state index contributed by atoms with van der Waals surface area (Å²) in [5.41, 5.74) is 3.43. The fourth-order valence-electron chi connectivity index (χ4n) is 2.81. The molecule has 0 aliphatic rings. The van der Waals surface area contributed by atoms with Gasteiger partial charge in [-0.1, -0.05) is 29.8 Å². The Morgan fingerprint density at radius 3 is 2.52 bits per heavy atom. The third-order valence-electron chi connectivity index (χ3n) is 4.01. The Bertz CT molecular complexity index is 919. The highest BCUT2D eigenvalue weighted by molar-refractivity contribution is 6.30. The number of ether oxygens (including phenoxy) is 1. The molecule has 0 unspecified atom stereocenters. The van der Waals surface area contributed by atoms with Crippen molar-refractivity contribution in [2.24, 2.45) is 0 Å². The summed E-state index contributed by atoms with van der Waals surface area (Å²) in [6.07, 6.45) is 0. The average molecular weight is 358 g/mol. The molecule has 1 heterocycles. The zero-order valence-corrected chi connectivity index (χ0v) is 14.7. The molecule has 0 amide bonds. The quantitative estimate of drug-likeness (QED) is 0.591. The van der Waals surface area contributed by atoms with Crippen molar-refractivity contribution in [2.45, 2.75) is 13.8 Å². The van der Waals surface area contributed by atoms with Gasteiger partial charge in [0, 0.05) is 28.7 Å². The normalized spacial score (nSPS) is 10.7. The number of nitrogens with zero attached hydrogens (tertiary/aromatic N) is 1. The summed E-state index contributed by atoms with van der Waals surface area (Å²) in [4.78, 5) is 12.5. The molecule has 0 saturated carbocycles. The van der Waals surface area contributed by atoms with Gasteiger partial charge in [-0.25, -0.2) is 4.39 Å². The van der Waals surface area contributed by atoms with E-state index < -0.39 is 5.82 Å². The number of rotatable bonds is 5. The smallest absolute Gasteiger partial charge is 0.202 e. The van der Waals surface area contributed by atoms with Crippen molar-refractivity contribution in [3.8, 4) is 11.4 Å². The number of aryl methyl sites for hydroxylation is 1. The molecular formula is C20H17ClFNO2. The molecule has 0 fully saturated rings. The zero-order valence-electron chi connectivity index (χ0n) is 13.9. The molecule has 128 valence electrons. The van der Waals surface area contributed by atoms with Crippen LogP contribution < -0.4 is 4.74 Å². The van der Waals surface area contributed by atoms with Gasteiger partial charge >= 0.3 is 0 Å². The van der Waals surface area contributed by atoms with Crippen LogP contribution in [0.5, 0.6) is 5.75 Å². The summed E-state index contributed by atoms with van der Waals surface area (Å²) in [5.74, 6) is -0.306. The van der Waals surface area contributed by atoms with E-state index in [1.807, 2.05) is 54.8 Å². The number of carbonyl (C=O) groups is 1. The maximum atomic E-state index is 13.2. The minimum atomic E-state index is -0.522. The molecule has 2 aromatic carbocycles. The predicted molar refractivity (Wildman–Crippen MR) is 96.5 cm³/mol. The van der Waals surface area contributed by atoms with Crippen LogP contribution in [-0.4, -0.2) is 17.0 Å². The second kappa shape index (κ2) is 7.11. The standard InChI is InChI=1S/C20H17ClFNO2/c1-13-10-17(14(2)23(13)15-6-4-3-5-7-15)20(24)12-25-16-8-9-19(22)18(21)11-16/h3-11H,12H2,1-2H3. The zero-order chi connectivity index (χ0) is 18.0. The van der Waals surface area contributed by atoms with Gasteiger partial charge in [0.15, 0.2) is 6.61 Å². The summed E-state index contributed by atoms with van der Waals surface area (Å²) in [7, 11) is 0. The predicted octanol–water partition coefficient (Wildman–Crippen LogP) is 5.15. The van der Waals surface area contributed by atoms with Gasteiger partial charge in [-0.2, -0.15) is 0 Å². The fraction of sp³-hybridized carbons (Fsp3) is 0.150. The molecule has 0 bridgehead atoms. The Morgan fingerprint density at radius 1 is 1.12 bits per heavy atom. The van der Waals surface area contributed by atoms with Crippen molar-refractivity contribution < 1.29 is 13.9 Å². The molecule has 5 heteroatoms. The molecule has 0 aliphatic carbocycles. The minimum absolute atomic E-state index is 0.0350. The molecule has 25 heavy (non-hydrogen) atoms. The van der Waals surface area contributed by atoms with Gasteiger partial charge in [-0.3, -0.25) is 4.79 Å². The Balaban J connectivity index is 1.80. The summed E-state index contributed by atoms with van der Waals surface area (Å²) in [6.45, 7) is 3.72. The molecular weight excluding hydrogens is 341 g/mol. The Labute approximate surface area is 150 Å². The number of para-hydroxylation sites is 1. The van der Waals surface area contributed by atoms with Gasteiger partial charge in [0.25, 0.3) is 0 Å². The van der Waals surface area contributed by atoms with E-state index in [0.717, 1.165) is 17.1 Å². The second-order valence-electron chi connectivity index (χ2n) is 5.74. The third kappa shape index (κ3) is 3.59. The van der Waals surface area contributed by atoms with E-state index in [1.54, 1.807) is 0 Å². The van der Waals surface area contributed by atoms with Crippen LogP contribution in [0.4, 0.5) is 4.39 Å². The third-order valence-corrected chi connectivity index (χ3v) is 4.30. The number of carbonyl (C=O) groups excluding carboxylic acids is 1. The number of hydrogen-bond donors (Lipinski definition) is 0. The molecule has 3 rings (SSSR count). The molecule has 0 spiro atoms. The molecule has 0 saturated heterocycles. The molecule has 0 radical (unpaired) electrons. The number of hydrogen-bond acceptors (Lipinski definition) is 2. The number of Topliss-reactive ketones (excluding diaryl/α,β-unsaturated/α-hetero) is 1. The van der Waals surface area contributed by atoms with Crippen molar-refractivity contribution >= 4 is 17.4 Å². The van der Waals surface area contributed by atoms with E-state index in [1.165, 1.54) is 18.2 Å². The summed E-state index contributed by atoms with van der Waals surface area (Å²) < 4.78 is 20.7. The van der Waals surface area contributed by atoms with E-state index in [0.29, 0.717) is 11.3 Å². The second-order valence-corrected chi connectivity index (χ2v) is 6.15. The van der Waals surface area contributed by atoms with Crippen LogP contribution in [0.1, 0.15) is 21.7 Å². The number of benzene rings is 2. The van der Waals surface area contributed by atoms with Gasteiger partial charge in [-0.15, -0.1) is 0 Å². The summed E-state index contributed by atoms with van der Waals surface area (Å²) >= 11 is 5.72. The number of ketones is 1. The van der Waals surface area contributed by atoms with E-state index in [-0.39, 0.29) is 17.4 Å². The maximum absolute atomic E-state index is 13.2. The largest absolute Gasteiger partial charge is 0.485 e. The van der Waals surface area contributed by atoms with Crippen LogP contribution in [0.3, 0.4) is 0 Å². The van der Waals surface area contributed by atoms with Crippen molar-refractivity contribution in [1.82, 2.24) is 4.57 Å². The summed E-state index contributed by atoms with van der Waals surface area (Å²) in [6, 6.07) is 15.7. The lowest BCUT2D eigenvalue weighted by atomic mass is 10.1. The first kappa shape index (κ1) is 17.2. The highest BCUT2D eigenvalue weighted by atomic mass is 35.5. The lowest BCUT2D eigenvalue weighted by molar-refractivity contribution is 0.0921. The summed E-state index contributed by atoms with van der Waals surface area (Å²) in [5, 5.41) is -0.0350. The lowest BCUT2D eigenvalue weighted by Gasteiger charge is -2.10. The van der Waals surface area contributed by atoms with E-state index in [4.69, 9.17) is 16.3 Å². The molecule has 3 aromatic rings. The molecule has 3 nitrogen and oxygen atoms in total. The average Bonchev–Trinajstić information content (AvgIpc) is 2.91. The van der Waals surface area contributed by atoms with Crippen molar-refractivity contribution in [1.29, 1.82) is 0 Å². The molecule has 0 aliphatic heterocycles. The van der Waals surface area contributed by atoms with Crippen molar-refractivity contribution in [3.05, 3.63) is 82.4 Å². The van der Waals surface area contributed by atoms with E-state index >= 15 is 0 Å². The maximum Gasteiger partial charge on any atom is 0.202 e. The highest BCUT2D eigenvalue weighted by Gasteiger charge is 2.17. The van der Waals surface area contributed by atoms with Crippen LogP contribution in [0, 0.1) is 19.7 Å². The Kier molecular flexibility index (Phi) is 4.91. The first-order valence-electron chi connectivity index (χ1n) is 7.83. The number of halogens is 2. The van der Waals surface area contributed by atoms with Gasteiger partial charge in [-0.05, 0) is 44.2 Å². The minimum Gasteiger partial charge on any atom is -0.485 e. The monoisotopic (exact) mass is 357 g/mol. The molecule has 0 N–H and O–H groups in total. The number of aromatic nitrogens is 1. The van der Waals surface area contributed by atoms with Crippen molar-refractivity contribution in [3.63, 3.8) is 0 Å². The fourth-order valence-corrected chi connectivity index (χ4v) is 2.98. The highest BCUT2D eigenvalue weighted by Crippen LogP contribution is 2.23. The van der Waals surface area contributed by atoms with Crippen molar-refractivity contribution in [2.75, 3.05) is 6.61 Å². The van der Waals surface area contributed by atoms with Crippen LogP contribution in [-0.2, 0) is 0 Å². The van der Waals surface area contributed by atoms with Crippen LogP contribution in [0.25, 0.3) is 5.69 Å². The topological polar surface area (TPSA) is 31.2 Å². The molecule has 1 aromatic heterocycles. The Morgan fingerprint density at radius 2 is 1.84 bits per heavy atom. The van der Waals surface area contributed by atoms with Crippen LogP contribution in [0.15, 0.2) is 54.6 Å². The SMILES string of the molecule is Cc1cc(C(=O)COc2ccc(F)c(Cl)c2)c(C)n1-c1ccccc1. The first-order chi connectivity index (χ1) is 12.0. The molecule has 0 atom stereocenters. The first-order valence-corrected chi connectivity index (χ1v) is 8.20. The Hall–Kier alpha value is -2.59. The van der Waals surface area contributed by atoms with Crippen LogP contribution in [0.2, 0.25) is 5.02 Å². The van der Waals surface area contributed by atoms with Gasteiger partial charge in [0.2, 0.25) is 5.78 Å². The van der Waals surface area contributed by atoms with Gasteiger partial charge in [0.05, 0.1) is 5.02 Å².